The number of hydrogen-bond acceptors (Lipinski definition) is 3. The number of halogens is 1. The summed E-state index contributed by atoms with van der Waals surface area (Å²) in [5, 5.41) is 16.4. The third kappa shape index (κ3) is 3.59. The Labute approximate surface area is 122 Å². The van der Waals surface area contributed by atoms with Crippen LogP contribution in [0.3, 0.4) is 0 Å². The van der Waals surface area contributed by atoms with Gasteiger partial charge < -0.3 is 10.4 Å². The van der Waals surface area contributed by atoms with Crippen molar-refractivity contribution in [1.82, 2.24) is 15.1 Å². The van der Waals surface area contributed by atoms with Crippen LogP contribution < -0.4 is 5.32 Å². The van der Waals surface area contributed by atoms with Crippen molar-refractivity contribution in [2.75, 3.05) is 6.61 Å². The number of aromatic nitrogens is 2. The zero-order valence-corrected chi connectivity index (χ0v) is 11.8. The molecule has 1 unspecified atom stereocenters. The van der Waals surface area contributed by atoms with Crippen LogP contribution in [0.25, 0.3) is 5.69 Å². The van der Waals surface area contributed by atoms with Gasteiger partial charge in [-0.05, 0) is 37.6 Å². The number of rotatable bonds is 5. The lowest BCUT2D eigenvalue weighted by Crippen LogP contribution is -2.32. The summed E-state index contributed by atoms with van der Waals surface area (Å²) in [6, 6.07) is 7.10. The van der Waals surface area contributed by atoms with Gasteiger partial charge >= 0.3 is 0 Å². The minimum atomic E-state index is -0.203. The zero-order valence-electron chi connectivity index (χ0n) is 11.1. The SMILES string of the molecule is CC(CCO)NC(=O)c1cnn(-c2ccc(Cl)cc2)c1. The number of hydrogen-bond donors (Lipinski definition) is 2. The fourth-order valence-corrected chi connectivity index (χ4v) is 1.87. The molecule has 0 spiro atoms. The number of amides is 1. The molecule has 1 atom stereocenters. The van der Waals surface area contributed by atoms with Crippen LogP contribution in [0, 0.1) is 0 Å². The van der Waals surface area contributed by atoms with Crippen molar-refractivity contribution in [3.63, 3.8) is 0 Å². The molecule has 0 aliphatic rings. The number of benzene rings is 1. The quantitative estimate of drug-likeness (QED) is 0.886. The molecule has 1 amide bonds. The van der Waals surface area contributed by atoms with E-state index >= 15 is 0 Å². The monoisotopic (exact) mass is 293 g/mol. The Hall–Kier alpha value is -1.85. The molecule has 0 fully saturated rings. The number of aliphatic hydroxyl groups excluding tert-OH is 1. The average Bonchev–Trinajstić information content (AvgIpc) is 2.89. The molecule has 1 heterocycles. The maximum atomic E-state index is 12.0. The van der Waals surface area contributed by atoms with Gasteiger partial charge in [-0.25, -0.2) is 4.68 Å². The van der Waals surface area contributed by atoms with Gasteiger partial charge in [0.15, 0.2) is 0 Å². The maximum absolute atomic E-state index is 12.0. The maximum Gasteiger partial charge on any atom is 0.254 e. The van der Waals surface area contributed by atoms with E-state index in [0.29, 0.717) is 17.0 Å². The van der Waals surface area contributed by atoms with Gasteiger partial charge in [-0.3, -0.25) is 4.79 Å². The topological polar surface area (TPSA) is 67.2 Å². The molecule has 5 nitrogen and oxygen atoms in total. The lowest BCUT2D eigenvalue weighted by molar-refractivity contribution is 0.0934. The Morgan fingerprint density at radius 2 is 2.15 bits per heavy atom. The Balaban J connectivity index is 2.08. The first-order chi connectivity index (χ1) is 9.60. The standard InChI is InChI=1S/C14H16ClN3O2/c1-10(6-7-19)17-14(20)11-8-16-18(9-11)13-4-2-12(15)3-5-13/h2-5,8-10,19H,6-7H2,1H3,(H,17,20). The van der Waals surface area contributed by atoms with E-state index in [-0.39, 0.29) is 18.6 Å². The second-order valence-corrected chi connectivity index (χ2v) is 4.97. The van der Waals surface area contributed by atoms with Gasteiger partial charge in [-0.15, -0.1) is 0 Å². The van der Waals surface area contributed by atoms with Crippen LogP contribution in [0.4, 0.5) is 0 Å². The normalized spacial score (nSPS) is 12.2. The summed E-state index contributed by atoms with van der Waals surface area (Å²) >= 11 is 5.83. The van der Waals surface area contributed by atoms with E-state index in [2.05, 4.69) is 10.4 Å². The molecule has 0 saturated heterocycles. The van der Waals surface area contributed by atoms with E-state index < -0.39 is 0 Å². The Morgan fingerprint density at radius 1 is 1.45 bits per heavy atom. The molecule has 0 bridgehead atoms. The number of nitrogens with one attached hydrogen (secondary N) is 1. The van der Waals surface area contributed by atoms with Gasteiger partial charge in [0.2, 0.25) is 0 Å². The van der Waals surface area contributed by atoms with Gasteiger partial charge in [0.05, 0.1) is 17.4 Å². The molecule has 6 heteroatoms. The second-order valence-electron chi connectivity index (χ2n) is 4.54. The molecule has 20 heavy (non-hydrogen) atoms. The van der Waals surface area contributed by atoms with E-state index in [0.717, 1.165) is 5.69 Å². The fourth-order valence-electron chi connectivity index (χ4n) is 1.75. The summed E-state index contributed by atoms with van der Waals surface area (Å²) < 4.78 is 1.61. The first kappa shape index (κ1) is 14.6. The summed E-state index contributed by atoms with van der Waals surface area (Å²) in [5.74, 6) is -0.203. The number of carbonyl (C=O) groups is 1. The molecule has 0 aliphatic carbocycles. The smallest absolute Gasteiger partial charge is 0.254 e. The fraction of sp³-hybridized carbons (Fsp3) is 0.286. The molecule has 106 valence electrons. The molecular weight excluding hydrogens is 278 g/mol. The van der Waals surface area contributed by atoms with Gasteiger partial charge in [0.25, 0.3) is 5.91 Å². The molecule has 2 aromatic rings. The largest absolute Gasteiger partial charge is 0.396 e. The summed E-state index contributed by atoms with van der Waals surface area (Å²) in [6.07, 6.45) is 3.69. The van der Waals surface area contributed by atoms with Crippen molar-refractivity contribution >= 4 is 17.5 Å². The molecule has 0 saturated carbocycles. The highest BCUT2D eigenvalue weighted by molar-refractivity contribution is 6.30. The molecule has 1 aromatic carbocycles. The summed E-state index contributed by atoms with van der Waals surface area (Å²) in [7, 11) is 0. The highest BCUT2D eigenvalue weighted by Gasteiger charge is 2.12. The van der Waals surface area contributed by atoms with Gasteiger partial charge in [0, 0.05) is 23.9 Å². The van der Waals surface area contributed by atoms with Crippen molar-refractivity contribution in [2.24, 2.45) is 0 Å². The zero-order chi connectivity index (χ0) is 14.5. The van der Waals surface area contributed by atoms with Crippen molar-refractivity contribution in [1.29, 1.82) is 0 Å². The van der Waals surface area contributed by atoms with Crippen molar-refractivity contribution in [3.05, 3.63) is 47.2 Å². The lowest BCUT2D eigenvalue weighted by atomic mass is 10.2. The molecule has 0 aliphatic heterocycles. The first-order valence-corrected chi connectivity index (χ1v) is 6.70. The van der Waals surface area contributed by atoms with Crippen LogP contribution in [-0.2, 0) is 0 Å². The highest BCUT2D eigenvalue weighted by Crippen LogP contribution is 2.13. The van der Waals surface area contributed by atoms with Crippen molar-refractivity contribution in [3.8, 4) is 5.69 Å². The van der Waals surface area contributed by atoms with Crippen LogP contribution >= 0.6 is 11.6 Å². The predicted octanol–water partition coefficient (Wildman–Crippen LogP) is 2.03. The Morgan fingerprint density at radius 3 is 2.80 bits per heavy atom. The highest BCUT2D eigenvalue weighted by atomic mass is 35.5. The summed E-state index contributed by atoms with van der Waals surface area (Å²) in [5.41, 5.74) is 1.31. The number of carbonyl (C=O) groups excluding carboxylic acids is 1. The van der Waals surface area contributed by atoms with E-state index in [1.165, 1.54) is 6.20 Å². The minimum absolute atomic E-state index is 0.0471. The van der Waals surface area contributed by atoms with Gasteiger partial charge in [0.1, 0.15) is 0 Å². The molecule has 2 N–H and O–H groups in total. The lowest BCUT2D eigenvalue weighted by Gasteiger charge is -2.10. The third-order valence-electron chi connectivity index (χ3n) is 2.88. The summed E-state index contributed by atoms with van der Waals surface area (Å²) in [4.78, 5) is 12.0. The van der Waals surface area contributed by atoms with Gasteiger partial charge in [-0.2, -0.15) is 5.10 Å². The molecule has 0 radical (unpaired) electrons. The first-order valence-electron chi connectivity index (χ1n) is 6.32. The van der Waals surface area contributed by atoms with Crippen molar-refractivity contribution in [2.45, 2.75) is 19.4 Å². The number of aliphatic hydroxyl groups is 1. The Kier molecular flexibility index (Phi) is 4.76. The molecular formula is C14H16ClN3O2. The number of nitrogens with zero attached hydrogens (tertiary/aromatic N) is 2. The van der Waals surface area contributed by atoms with E-state index in [1.54, 1.807) is 23.0 Å². The average molecular weight is 294 g/mol. The van der Waals surface area contributed by atoms with E-state index in [9.17, 15) is 4.79 Å². The Bertz CT molecular complexity index is 580. The van der Waals surface area contributed by atoms with Gasteiger partial charge in [-0.1, -0.05) is 11.6 Å². The van der Waals surface area contributed by atoms with Crippen LogP contribution in [0.1, 0.15) is 23.7 Å². The van der Waals surface area contributed by atoms with Crippen LogP contribution in [-0.4, -0.2) is 33.4 Å². The van der Waals surface area contributed by atoms with E-state index in [1.807, 2.05) is 19.1 Å². The molecule has 2 rings (SSSR count). The van der Waals surface area contributed by atoms with Crippen LogP contribution in [0.15, 0.2) is 36.7 Å². The van der Waals surface area contributed by atoms with Crippen LogP contribution in [0.5, 0.6) is 0 Å². The van der Waals surface area contributed by atoms with Crippen molar-refractivity contribution < 1.29 is 9.90 Å². The third-order valence-corrected chi connectivity index (χ3v) is 3.13. The second kappa shape index (κ2) is 6.54. The summed E-state index contributed by atoms with van der Waals surface area (Å²) in [6.45, 7) is 1.89. The van der Waals surface area contributed by atoms with Crippen LogP contribution in [0.2, 0.25) is 5.02 Å². The minimum Gasteiger partial charge on any atom is -0.396 e. The predicted molar refractivity (Wildman–Crippen MR) is 77.2 cm³/mol. The van der Waals surface area contributed by atoms with E-state index in [4.69, 9.17) is 16.7 Å². The molecule has 1 aromatic heterocycles.